The van der Waals surface area contributed by atoms with E-state index >= 15 is 0 Å². The Hall–Kier alpha value is -1.01. The Bertz CT molecular complexity index is 337. The first kappa shape index (κ1) is 15.0. The molecular formula is C10H14BF3O2. The van der Waals surface area contributed by atoms with Gasteiger partial charge in [0.25, 0.3) is 0 Å². The maximum atomic E-state index is 12.2. The van der Waals surface area contributed by atoms with E-state index in [9.17, 15) is 13.2 Å². The molecule has 90 valence electrons. The van der Waals surface area contributed by atoms with Crippen LogP contribution in [-0.4, -0.2) is 17.2 Å². The molecule has 0 aliphatic heterocycles. The van der Waals surface area contributed by atoms with Crippen LogP contribution >= 0.6 is 0 Å². The molecule has 0 aliphatic rings. The van der Waals surface area contributed by atoms with Gasteiger partial charge in [-0.1, -0.05) is 31.5 Å². The summed E-state index contributed by atoms with van der Waals surface area (Å²) in [5, 5.41) is 17.5. The maximum absolute atomic E-state index is 12.2. The fourth-order valence-electron chi connectivity index (χ4n) is 1.13. The van der Waals surface area contributed by atoms with E-state index in [1.165, 1.54) is 13.0 Å². The van der Waals surface area contributed by atoms with Gasteiger partial charge >= 0.3 is 13.3 Å². The van der Waals surface area contributed by atoms with E-state index in [0.717, 1.165) is 12.1 Å². The molecule has 0 atom stereocenters. The monoisotopic (exact) mass is 234 g/mol. The molecule has 6 heteroatoms. The first-order valence-corrected chi connectivity index (χ1v) is 4.85. The highest BCUT2D eigenvalue weighted by Crippen LogP contribution is 2.28. The van der Waals surface area contributed by atoms with Crippen LogP contribution in [0.4, 0.5) is 13.2 Å². The second-order valence-electron chi connectivity index (χ2n) is 3.00. The van der Waals surface area contributed by atoms with E-state index < -0.39 is 18.9 Å². The number of alkyl halides is 3. The highest BCUT2D eigenvalue weighted by atomic mass is 19.4. The molecule has 0 saturated carbocycles. The first-order valence-electron chi connectivity index (χ1n) is 4.85. The van der Waals surface area contributed by atoms with E-state index in [4.69, 9.17) is 10.0 Å². The van der Waals surface area contributed by atoms with Gasteiger partial charge in [-0.2, -0.15) is 13.2 Å². The molecule has 0 amide bonds. The standard InChI is InChI=1S/C8H8BF3O2.C2H6/c1-5-2-6(8(10,11)12)4-7(3-5)9(13)14;1-2/h2-4,13-14H,1H3;1-2H3. The summed E-state index contributed by atoms with van der Waals surface area (Å²) in [5.41, 5.74) is -0.694. The van der Waals surface area contributed by atoms with Crippen molar-refractivity contribution >= 4 is 12.6 Å². The van der Waals surface area contributed by atoms with Crippen LogP contribution in [0.25, 0.3) is 0 Å². The van der Waals surface area contributed by atoms with E-state index in [1.54, 1.807) is 0 Å². The predicted molar refractivity (Wildman–Crippen MR) is 57.4 cm³/mol. The summed E-state index contributed by atoms with van der Waals surface area (Å²) in [6.07, 6.45) is -4.46. The highest BCUT2D eigenvalue weighted by Gasteiger charge is 2.31. The van der Waals surface area contributed by atoms with Gasteiger partial charge in [-0.15, -0.1) is 0 Å². The summed E-state index contributed by atoms with van der Waals surface area (Å²) in [6.45, 7) is 5.46. The van der Waals surface area contributed by atoms with Crippen molar-refractivity contribution in [2.45, 2.75) is 26.9 Å². The van der Waals surface area contributed by atoms with E-state index in [1.807, 2.05) is 13.8 Å². The molecule has 0 aromatic heterocycles. The Morgan fingerprint density at radius 2 is 1.56 bits per heavy atom. The van der Waals surface area contributed by atoms with Crippen molar-refractivity contribution in [3.8, 4) is 0 Å². The quantitative estimate of drug-likeness (QED) is 0.726. The summed E-state index contributed by atoms with van der Waals surface area (Å²) in [7, 11) is -1.88. The summed E-state index contributed by atoms with van der Waals surface area (Å²) in [5.74, 6) is 0. The molecule has 0 heterocycles. The third kappa shape index (κ3) is 4.24. The van der Waals surface area contributed by atoms with Crippen molar-refractivity contribution in [2.24, 2.45) is 0 Å². The Kier molecular flexibility index (Phi) is 5.54. The predicted octanol–water partition coefficient (Wildman–Crippen LogP) is 1.72. The molecule has 0 fully saturated rings. The third-order valence-electron chi connectivity index (χ3n) is 1.73. The summed E-state index contributed by atoms with van der Waals surface area (Å²) >= 11 is 0. The maximum Gasteiger partial charge on any atom is 0.488 e. The fraction of sp³-hybridized carbons (Fsp3) is 0.400. The second kappa shape index (κ2) is 5.91. The molecule has 0 radical (unpaired) electrons. The van der Waals surface area contributed by atoms with Crippen molar-refractivity contribution in [1.82, 2.24) is 0 Å². The normalized spacial score (nSPS) is 10.5. The van der Waals surface area contributed by atoms with Crippen LogP contribution in [0.1, 0.15) is 25.0 Å². The molecule has 2 N–H and O–H groups in total. The zero-order valence-electron chi connectivity index (χ0n) is 9.34. The molecule has 0 aliphatic carbocycles. The number of aryl methyl sites for hydroxylation is 1. The van der Waals surface area contributed by atoms with Crippen molar-refractivity contribution in [3.63, 3.8) is 0 Å². The Labute approximate surface area is 92.9 Å². The average molecular weight is 234 g/mol. The number of rotatable bonds is 1. The minimum atomic E-state index is -4.46. The molecule has 1 rings (SSSR count). The van der Waals surface area contributed by atoms with Crippen molar-refractivity contribution in [3.05, 3.63) is 29.3 Å². The second-order valence-corrected chi connectivity index (χ2v) is 3.00. The molecule has 1 aromatic carbocycles. The average Bonchev–Trinajstić information content (AvgIpc) is 2.18. The van der Waals surface area contributed by atoms with Crippen LogP contribution in [0.15, 0.2) is 18.2 Å². The zero-order chi connectivity index (χ0) is 12.9. The molecule has 2 nitrogen and oxygen atoms in total. The van der Waals surface area contributed by atoms with Crippen LogP contribution < -0.4 is 5.46 Å². The smallest absolute Gasteiger partial charge is 0.423 e. The van der Waals surface area contributed by atoms with E-state index in [-0.39, 0.29) is 5.46 Å². The van der Waals surface area contributed by atoms with Gasteiger partial charge in [-0.05, 0) is 18.5 Å². The third-order valence-corrected chi connectivity index (χ3v) is 1.73. The molecule has 16 heavy (non-hydrogen) atoms. The molecule has 0 saturated heterocycles. The van der Waals surface area contributed by atoms with Gasteiger partial charge in [0.2, 0.25) is 0 Å². The van der Waals surface area contributed by atoms with Crippen LogP contribution in [0.5, 0.6) is 0 Å². The number of halogens is 3. The van der Waals surface area contributed by atoms with E-state index in [2.05, 4.69) is 0 Å². The topological polar surface area (TPSA) is 40.5 Å². The summed E-state index contributed by atoms with van der Waals surface area (Å²) in [4.78, 5) is 0. The van der Waals surface area contributed by atoms with Gasteiger partial charge in [-0.25, -0.2) is 0 Å². The van der Waals surface area contributed by atoms with Crippen molar-refractivity contribution < 1.29 is 23.2 Å². The van der Waals surface area contributed by atoms with Gasteiger partial charge in [0, 0.05) is 0 Å². The number of benzene rings is 1. The van der Waals surface area contributed by atoms with Crippen molar-refractivity contribution in [1.29, 1.82) is 0 Å². The lowest BCUT2D eigenvalue weighted by Crippen LogP contribution is -2.31. The van der Waals surface area contributed by atoms with Gasteiger partial charge < -0.3 is 10.0 Å². The Morgan fingerprint density at radius 1 is 1.06 bits per heavy atom. The van der Waals surface area contributed by atoms with Crippen LogP contribution in [0, 0.1) is 6.92 Å². The summed E-state index contributed by atoms with van der Waals surface area (Å²) < 4.78 is 36.7. The lowest BCUT2D eigenvalue weighted by atomic mass is 9.78. The first-order chi connectivity index (χ1) is 7.30. The van der Waals surface area contributed by atoms with Gasteiger partial charge in [0.15, 0.2) is 0 Å². The van der Waals surface area contributed by atoms with Crippen LogP contribution in [0.3, 0.4) is 0 Å². The molecular weight excluding hydrogens is 220 g/mol. The minimum absolute atomic E-state index is 0.155. The largest absolute Gasteiger partial charge is 0.488 e. The SMILES string of the molecule is CC.Cc1cc(B(O)O)cc(C(F)(F)F)c1. The number of hydrogen-bond acceptors (Lipinski definition) is 2. The zero-order valence-corrected chi connectivity index (χ0v) is 9.34. The van der Waals surface area contributed by atoms with Gasteiger partial charge in [0.1, 0.15) is 0 Å². The Morgan fingerprint density at radius 3 is 1.94 bits per heavy atom. The summed E-state index contributed by atoms with van der Waals surface area (Å²) in [6, 6.07) is 2.96. The van der Waals surface area contributed by atoms with E-state index in [0.29, 0.717) is 5.56 Å². The van der Waals surface area contributed by atoms with Crippen LogP contribution in [0.2, 0.25) is 0 Å². The Balaban J connectivity index is 0.00000106. The fourth-order valence-corrected chi connectivity index (χ4v) is 1.13. The lowest BCUT2D eigenvalue weighted by Gasteiger charge is -2.09. The van der Waals surface area contributed by atoms with Crippen molar-refractivity contribution in [2.75, 3.05) is 0 Å². The highest BCUT2D eigenvalue weighted by molar-refractivity contribution is 6.58. The number of hydrogen-bond donors (Lipinski definition) is 2. The molecule has 0 unspecified atom stereocenters. The lowest BCUT2D eigenvalue weighted by molar-refractivity contribution is -0.137. The molecule has 1 aromatic rings. The van der Waals surface area contributed by atoms with Gasteiger partial charge in [0.05, 0.1) is 5.56 Å². The van der Waals surface area contributed by atoms with Crippen LogP contribution in [-0.2, 0) is 6.18 Å². The molecule has 0 spiro atoms. The van der Waals surface area contributed by atoms with Gasteiger partial charge in [-0.3, -0.25) is 0 Å². The minimum Gasteiger partial charge on any atom is -0.423 e. The molecule has 0 bridgehead atoms.